The van der Waals surface area contributed by atoms with E-state index in [-0.39, 0.29) is 5.41 Å². The number of fused-ring (bicyclic) bond motifs is 1. The van der Waals surface area contributed by atoms with Crippen LogP contribution < -0.4 is 0 Å². The van der Waals surface area contributed by atoms with Crippen molar-refractivity contribution >= 4 is 22.8 Å². The predicted molar refractivity (Wildman–Crippen MR) is 86.8 cm³/mol. The smallest absolute Gasteiger partial charge is 0.232 e. The minimum atomic E-state index is -0.130. The molecule has 3 aromatic rings. The zero-order valence-corrected chi connectivity index (χ0v) is 13.9. The van der Waals surface area contributed by atoms with Gasteiger partial charge in [0.1, 0.15) is 5.03 Å². The van der Waals surface area contributed by atoms with Crippen molar-refractivity contribution in [2.24, 2.45) is 0 Å². The number of aryl methyl sites for hydroxylation is 1. The molecule has 0 aliphatic carbocycles. The summed E-state index contributed by atoms with van der Waals surface area (Å²) < 4.78 is 5.31. The summed E-state index contributed by atoms with van der Waals surface area (Å²) in [6.07, 6.45) is 0. The normalized spacial score (nSPS) is 12.0. The van der Waals surface area contributed by atoms with Gasteiger partial charge >= 0.3 is 0 Å². The van der Waals surface area contributed by atoms with E-state index >= 15 is 0 Å². The highest BCUT2D eigenvalue weighted by molar-refractivity contribution is 7.98. The summed E-state index contributed by atoms with van der Waals surface area (Å²) in [5.41, 5.74) is 2.61. The second-order valence-electron chi connectivity index (χ2n) is 6.16. The van der Waals surface area contributed by atoms with Gasteiger partial charge in [0, 0.05) is 5.41 Å². The van der Waals surface area contributed by atoms with E-state index in [1.165, 1.54) is 0 Å². The topological polar surface area (TPSA) is 64.7 Å². The van der Waals surface area contributed by atoms with Gasteiger partial charge in [0.15, 0.2) is 5.82 Å². The Kier molecular flexibility index (Phi) is 3.87. The third kappa shape index (κ3) is 3.11. The molecule has 0 atom stereocenters. The van der Waals surface area contributed by atoms with E-state index in [0.717, 1.165) is 21.8 Å². The quantitative estimate of drug-likeness (QED) is 0.683. The number of aromatic nitrogens is 4. The van der Waals surface area contributed by atoms with Crippen LogP contribution in [0.1, 0.15) is 38.2 Å². The first-order valence-electron chi connectivity index (χ1n) is 7.13. The Hall–Kier alpha value is -1.95. The first kappa shape index (κ1) is 15.0. The summed E-state index contributed by atoms with van der Waals surface area (Å²) >= 11 is 1.58. The fourth-order valence-electron chi connectivity index (χ4n) is 1.96. The molecular formula is C16H18N4OS. The van der Waals surface area contributed by atoms with Crippen LogP contribution in [-0.2, 0) is 11.2 Å². The highest BCUT2D eigenvalue weighted by atomic mass is 32.2. The minimum absolute atomic E-state index is 0.130. The maximum Gasteiger partial charge on any atom is 0.232 e. The molecule has 0 unspecified atom stereocenters. The zero-order chi connectivity index (χ0) is 15.7. The Morgan fingerprint density at radius 2 is 1.73 bits per heavy atom. The fourth-order valence-corrected chi connectivity index (χ4v) is 2.76. The molecule has 0 spiro atoms. The molecule has 0 N–H and O–H groups in total. The average Bonchev–Trinajstić information content (AvgIpc) is 2.94. The second-order valence-corrected chi connectivity index (χ2v) is 7.12. The lowest BCUT2D eigenvalue weighted by Crippen LogP contribution is -2.11. The number of para-hydroxylation sites is 2. The fraction of sp³-hybridized carbons (Fsp3) is 0.375. The third-order valence-electron chi connectivity index (χ3n) is 3.15. The van der Waals surface area contributed by atoms with Crippen molar-refractivity contribution in [1.29, 1.82) is 0 Å². The van der Waals surface area contributed by atoms with Crippen LogP contribution in [0.3, 0.4) is 0 Å². The van der Waals surface area contributed by atoms with Gasteiger partial charge in [-0.2, -0.15) is 4.98 Å². The number of thioether (sulfide) groups is 1. The van der Waals surface area contributed by atoms with Crippen LogP contribution in [0.2, 0.25) is 0 Å². The third-order valence-corrected chi connectivity index (χ3v) is 4.21. The summed E-state index contributed by atoms with van der Waals surface area (Å²) in [5.74, 6) is 1.96. The van der Waals surface area contributed by atoms with Crippen LogP contribution in [0.15, 0.2) is 33.8 Å². The highest BCUT2D eigenvalue weighted by Gasteiger charge is 2.21. The van der Waals surface area contributed by atoms with Crippen LogP contribution in [0.5, 0.6) is 0 Å². The molecular weight excluding hydrogens is 296 g/mol. The highest BCUT2D eigenvalue weighted by Crippen LogP contribution is 2.26. The van der Waals surface area contributed by atoms with Gasteiger partial charge in [0.2, 0.25) is 5.89 Å². The summed E-state index contributed by atoms with van der Waals surface area (Å²) in [6, 6.07) is 7.88. The van der Waals surface area contributed by atoms with E-state index in [9.17, 15) is 0 Å². The van der Waals surface area contributed by atoms with Crippen molar-refractivity contribution < 1.29 is 4.52 Å². The van der Waals surface area contributed by atoms with Crippen molar-refractivity contribution in [3.8, 4) is 0 Å². The summed E-state index contributed by atoms with van der Waals surface area (Å²) in [5, 5.41) is 4.94. The maximum absolute atomic E-state index is 5.31. The number of hydrogen-bond donors (Lipinski definition) is 0. The molecule has 2 aromatic heterocycles. The molecule has 0 saturated heterocycles. The van der Waals surface area contributed by atoms with Gasteiger partial charge in [0.05, 0.1) is 22.5 Å². The number of hydrogen-bond acceptors (Lipinski definition) is 6. The van der Waals surface area contributed by atoms with Gasteiger partial charge in [-0.25, -0.2) is 9.97 Å². The van der Waals surface area contributed by atoms with E-state index in [0.29, 0.717) is 17.5 Å². The van der Waals surface area contributed by atoms with E-state index < -0.39 is 0 Å². The maximum atomic E-state index is 5.31. The van der Waals surface area contributed by atoms with Crippen LogP contribution in [-0.4, -0.2) is 20.1 Å². The summed E-state index contributed by atoms with van der Waals surface area (Å²) in [7, 11) is 0. The van der Waals surface area contributed by atoms with Crippen molar-refractivity contribution in [3.63, 3.8) is 0 Å². The number of nitrogens with zero attached hydrogens (tertiary/aromatic N) is 4. The van der Waals surface area contributed by atoms with E-state index in [1.54, 1.807) is 11.8 Å². The Balaban J connectivity index is 1.79. The molecule has 0 saturated carbocycles. The standard InChI is InChI=1S/C16H18N4OS/c1-10-14(18-12-8-6-5-7-11(12)17-10)22-9-13-19-15(21-20-13)16(2,3)4/h5-8H,9H2,1-4H3. The molecule has 3 rings (SSSR count). The Bertz CT molecular complexity index is 807. The Morgan fingerprint density at radius 1 is 1.05 bits per heavy atom. The van der Waals surface area contributed by atoms with Crippen molar-refractivity contribution in [3.05, 3.63) is 41.7 Å². The van der Waals surface area contributed by atoms with Crippen LogP contribution in [0.4, 0.5) is 0 Å². The lowest BCUT2D eigenvalue weighted by Gasteiger charge is -2.10. The van der Waals surface area contributed by atoms with E-state index in [4.69, 9.17) is 4.52 Å². The molecule has 0 aliphatic rings. The first-order chi connectivity index (χ1) is 10.4. The van der Waals surface area contributed by atoms with Gasteiger partial charge < -0.3 is 4.52 Å². The Labute approximate surface area is 133 Å². The molecule has 22 heavy (non-hydrogen) atoms. The molecule has 0 radical (unpaired) electrons. The summed E-state index contributed by atoms with van der Waals surface area (Å²) in [6.45, 7) is 8.13. The molecule has 1 aromatic carbocycles. The molecule has 0 aliphatic heterocycles. The first-order valence-corrected chi connectivity index (χ1v) is 8.11. The molecule has 0 amide bonds. The predicted octanol–water partition coefficient (Wildman–Crippen LogP) is 3.91. The van der Waals surface area contributed by atoms with Gasteiger partial charge in [-0.1, -0.05) is 49.8 Å². The number of rotatable bonds is 3. The van der Waals surface area contributed by atoms with Crippen molar-refractivity contribution in [2.75, 3.05) is 0 Å². The second kappa shape index (κ2) is 5.68. The van der Waals surface area contributed by atoms with Crippen LogP contribution in [0.25, 0.3) is 11.0 Å². The lowest BCUT2D eigenvalue weighted by atomic mass is 9.97. The zero-order valence-electron chi connectivity index (χ0n) is 13.1. The van der Waals surface area contributed by atoms with Gasteiger partial charge in [-0.15, -0.1) is 0 Å². The van der Waals surface area contributed by atoms with Crippen molar-refractivity contribution in [2.45, 2.75) is 43.9 Å². The number of benzene rings is 1. The SMILES string of the molecule is Cc1nc2ccccc2nc1SCc1noc(C(C)(C)C)n1. The Morgan fingerprint density at radius 3 is 2.36 bits per heavy atom. The minimum Gasteiger partial charge on any atom is -0.339 e. The summed E-state index contributed by atoms with van der Waals surface area (Å²) in [4.78, 5) is 13.7. The van der Waals surface area contributed by atoms with Gasteiger partial charge in [0.25, 0.3) is 0 Å². The monoisotopic (exact) mass is 314 g/mol. The molecule has 6 heteroatoms. The van der Waals surface area contributed by atoms with Crippen LogP contribution >= 0.6 is 11.8 Å². The molecule has 114 valence electrons. The molecule has 5 nitrogen and oxygen atoms in total. The lowest BCUT2D eigenvalue weighted by molar-refractivity contribution is 0.319. The van der Waals surface area contributed by atoms with Crippen molar-refractivity contribution in [1.82, 2.24) is 20.1 Å². The van der Waals surface area contributed by atoms with Crippen LogP contribution in [0, 0.1) is 6.92 Å². The average molecular weight is 314 g/mol. The van der Waals surface area contributed by atoms with E-state index in [2.05, 4.69) is 40.9 Å². The van der Waals surface area contributed by atoms with Gasteiger partial charge in [-0.3, -0.25) is 0 Å². The van der Waals surface area contributed by atoms with E-state index in [1.807, 2.05) is 31.2 Å². The largest absolute Gasteiger partial charge is 0.339 e. The molecule has 0 bridgehead atoms. The van der Waals surface area contributed by atoms with Gasteiger partial charge in [-0.05, 0) is 19.1 Å². The molecule has 2 heterocycles. The molecule has 0 fully saturated rings.